The zero-order valence-corrected chi connectivity index (χ0v) is 11.0. The van der Waals surface area contributed by atoms with Gasteiger partial charge in [-0.05, 0) is 25.0 Å². The quantitative estimate of drug-likeness (QED) is 0.512. The first kappa shape index (κ1) is 13.4. The van der Waals surface area contributed by atoms with Gasteiger partial charge in [0, 0.05) is 5.25 Å². The minimum atomic E-state index is 1.01. The van der Waals surface area contributed by atoms with E-state index in [0.717, 1.165) is 11.7 Å². The Hall–Kier alpha value is 0.350. The smallest absolute Gasteiger partial charge is 0.00470 e. The van der Waals surface area contributed by atoms with Crippen LogP contribution >= 0.6 is 11.8 Å². The van der Waals surface area contributed by atoms with Gasteiger partial charge in [-0.15, -0.1) is 0 Å². The van der Waals surface area contributed by atoms with Crippen LogP contribution < -0.4 is 0 Å². The van der Waals surface area contributed by atoms with Gasteiger partial charge in [0.2, 0.25) is 0 Å². The van der Waals surface area contributed by atoms with Gasteiger partial charge in [0.15, 0.2) is 0 Å². The predicted octanol–water partition coefficient (Wildman–Crippen LogP) is 5.23. The summed E-state index contributed by atoms with van der Waals surface area (Å²) in [6, 6.07) is 0. The second-order valence-electron chi connectivity index (χ2n) is 4.75. The third-order valence-corrected chi connectivity index (χ3v) is 4.77. The summed E-state index contributed by atoms with van der Waals surface area (Å²) >= 11 is 2.25. The van der Waals surface area contributed by atoms with Crippen molar-refractivity contribution in [3.05, 3.63) is 6.92 Å². The summed E-state index contributed by atoms with van der Waals surface area (Å²) in [7, 11) is 0. The number of hydrogen-bond donors (Lipinski definition) is 0. The largest absolute Gasteiger partial charge is 0.159 e. The maximum absolute atomic E-state index is 3.88. The van der Waals surface area contributed by atoms with Gasteiger partial charge >= 0.3 is 0 Å². The molecule has 89 valence electrons. The fourth-order valence-corrected chi connectivity index (χ4v) is 3.66. The molecule has 1 rings (SSSR count). The molecule has 15 heavy (non-hydrogen) atoms. The molecule has 0 aromatic carbocycles. The van der Waals surface area contributed by atoms with E-state index in [0.29, 0.717) is 0 Å². The molecule has 0 N–H and O–H groups in total. The second-order valence-corrected chi connectivity index (χ2v) is 6.16. The molecule has 0 aromatic heterocycles. The van der Waals surface area contributed by atoms with Gasteiger partial charge in [0.25, 0.3) is 0 Å². The Balaban J connectivity index is 1.79. The van der Waals surface area contributed by atoms with E-state index < -0.39 is 0 Å². The monoisotopic (exact) mass is 227 g/mol. The van der Waals surface area contributed by atoms with Crippen LogP contribution in [0.25, 0.3) is 0 Å². The van der Waals surface area contributed by atoms with Crippen molar-refractivity contribution in [2.45, 2.75) is 75.9 Å². The molecule has 0 spiro atoms. The van der Waals surface area contributed by atoms with Crippen LogP contribution in [0.3, 0.4) is 0 Å². The molecule has 1 fully saturated rings. The molecule has 0 aliphatic heterocycles. The van der Waals surface area contributed by atoms with E-state index >= 15 is 0 Å². The normalized spacial score (nSPS) is 18.2. The van der Waals surface area contributed by atoms with Crippen LogP contribution in [0.4, 0.5) is 0 Å². The van der Waals surface area contributed by atoms with Gasteiger partial charge in [-0.2, -0.15) is 11.8 Å². The number of hydrogen-bond acceptors (Lipinski definition) is 1. The summed E-state index contributed by atoms with van der Waals surface area (Å²) in [5.41, 5.74) is 0. The fourth-order valence-electron chi connectivity index (χ4n) is 2.29. The lowest BCUT2D eigenvalue weighted by molar-refractivity contribution is 0.515. The minimum absolute atomic E-state index is 1.01. The predicted molar refractivity (Wildman–Crippen MR) is 72.4 cm³/mol. The van der Waals surface area contributed by atoms with Crippen molar-refractivity contribution in [3.63, 3.8) is 0 Å². The SMILES string of the molecule is [CH2]CCCCCCCSC1CCCCC1. The van der Waals surface area contributed by atoms with Crippen molar-refractivity contribution in [1.29, 1.82) is 0 Å². The molecule has 0 heterocycles. The summed E-state index contributed by atoms with van der Waals surface area (Å²) in [5, 5.41) is 1.01. The molecule has 0 atom stereocenters. The lowest BCUT2D eigenvalue weighted by Gasteiger charge is -2.20. The van der Waals surface area contributed by atoms with Crippen LogP contribution in [0.15, 0.2) is 0 Å². The van der Waals surface area contributed by atoms with Crippen LogP contribution in [0.5, 0.6) is 0 Å². The van der Waals surface area contributed by atoms with Crippen molar-refractivity contribution in [2.75, 3.05) is 5.75 Å². The lowest BCUT2D eigenvalue weighted by atomic mass is 10.0. The molecule has 1 aliphatic carbocycles. The minimum Gasteiger partial charge on any atom is -0.159 e. The lowest BCUT2D eigenvalue weighted by Crippen LogP contribution is -2.08. The van der Waals surface area contributed by atoms with E-state index in [1.54, 1.807) is 0 Å². The summed E-state index contributed by atoms with van der Waals surface area (Å²) < 4.78 is 0. The zero-order chi connectivity index (χ0) is 10.8. The molecule has 0 nitrogen and oxygen atoms in total. The molecule has 1 saturated carbocycles. The van der Waals surface area contributed by atoms with Crippen molar-refractivity contribution < 1.29 is 0 Å². The highest BCUT2D eigenvalue weighted by Crippen LogP contribution is 2.28. The molecule has 0 unspecified atom stereocenters. The molecular weight excluding hydrogens is 200 g/mol. The van der Waals surface area contributed by atoms with Crippen LogP contribution in [0.1, 0.15) is 70.6 Å². The highest BCUT2D eigenvalue weighted by molar-refractivity contribution is 7.99. The first-order valence-corrected chi connectivity index (χ1v) is 7.89. The van der Waals surface area contributed by atoms with Gasteiger partial charge in [-0.1, -0.05) is 58.3 Å². The number of unbranched alkanes of at least 4 members (excludes halogenated alkanes) is 5. The van der Waals surface area contributed by atoms with Gasteiger partial charge in [-0.25, -0.2) is 0 Å². The molecule has 0 saturated heterocycles. The zero-order valence-electron chi connectivity index (χ0n) is 10.2. The molecule has 1 aliphatic rings. The van der Waals surface area contributed by atoms with Crippen LogP contribution in [-0.2, 0) is 0 Å². The van der Waals surface area contributed by atoms with Crippen molar-refractivity contribution in [3.8, 4) is 0 Å². The average Bonchev–Trinajstić information content (AvgIpc) is 2.29. The van der Waals surface area contributed by atoms with Crippen LogP contribution in [0.2, 0.25) is 0 Å². The first-order valence-electron chi connectivity index (χ1n) is 6.84. The first-order chi connectivity index (χ1) is 7.43. The highest BCUT2D eigenvalue weighted by Gasteiger charge is 2.12. The van der Waals surface area contributed by atoms with Crippen LogP contribution in [0, 0.1) is 6.92 Å². The van der Waals surface area contributed by atoms with Crippen molar-refractivity contribution in [1.82, 2.24) is 0 Å². The maximum Gasteiger partial charge on any atom is 0.00470 e. The average molecular weight is 227 g/mol. The van der Waals surface area contributed by atoms with E-state index in [2.05, 4.69) is 18.7 Å². The van der Waals surface area contributed by atoms with Crippen LogP contribution in [-0.4, -0.2) is 11.0 Å². The van der Waals surface area contributed by atoms with Gasteiger partial charge in [0.05, 0.1) is 0 Å². The Morgan fingerprint density at radius 3 is 2.27 bits per heavy atom. The van der Waals surface area contributed by atoms with Gasteiger partial charge in [-0.3, -0.25) is 0 Å². The molecule has 0 amide bonds. The Kier molecular flexibility index (Phi) is 8.56. The Labute approximate surface area is 101 Å². The summed E-state index contributed by atoms with van der Waals surface area (Å²) in [5.74, 6) is 1.41. The van der Waals surface area contributed by atoms with E-state index in [1.807, 2.05) is 0 Å². The maximum atomic E-state index is 3.88. The highest BCUT2D eigenvalue weighted by atomic mass is 32.2. The Morgan fingerprint density at radius 1 is 0.867 bits per heavy atom. The van der Waals surface area contributed by atoms with E-state index in [1.165, 1.54) is 70.0 Å². The molecule has 0 bridgehead atoms. The van der Waals surface area contributed by atoms with E-state index in [-0.39, 0.29) is 0 Å². The third kappa shape index (κ3) is 7.27. The molecular formula is C14H27S. The van der Waals surface area contributed by atoms with Crippen molar-refractivity contribution >= 4 is 11.8 Å². The molecule has 0 aromatic rings. The standard InChI is InChI=1S/C14H27S/c1-2-3-4-5-6-10-13-15-14-11-8-7-9-12-14/h14H,1-13H2. The van der Waals surface area contributed by atoms with Gasteiger partial charge in [0.1, 0.15) is 0 Å². The molecule has 1 heteroatoms. The molecule has 1 radical (unpaired) electrons. The Bertz CT molecular complexity index is 127. The summed E-state index contributed by atoms with van der Waals surface area (Å²) in [6.45, 7) is 3.88. The third-order valence-electron chi connectivity index (χ3n) is 3.30. The summed E-state index contributed by atoms with van der Waals surface area (Å²) in [6.07, 6.45) is 15.6. The Morgan fingerprint density at radius 2 is 1.53 bits per heavy atom. The van der Waals surface area contributed by atoms with E-state index in [9.17, 15) is 0 Å². The number of thioether (sulfide) groups is 1. The van der Waals surface area contributed by atoms with Gasteiger partial charge < -0.3 is 0 Å². The van der Waals surface area contributed by atoms with E-state index in [4.69, 9.17) is 0 Å². The second kappa shape index (κ2) is 9.57. The topological polar surface area (TPSA) is 0 Å². The fraction of sp³-hybridized carbons (Fsp3) is 0.929. The summed E-state index contributed by atoms with van der Waals surface area (Å²) in [4.78, 5) is 0. The number of rotatable bonds is 8. The van der Waals surface area contributed by atoms with Crippen molar-refractivity contribution in [2.24, 2.45) is 0 Å².